The first-order valence-electron chi connectivity index (χ1n) is 11.2. The number of pyridine rings is 2. The highest BCUT2D eigenvalue weighted by Crippen LogP contribution is 2.40. The zero-order chi connectivity index (χ0) is 24.2. The van der Waals surface area contributed by atoms with Crippen molar-refractivity contribution in [2.45, 2.75) is 41.0 Å². The summed E-state index contributed by atoms with van der Waals surface area (Å²) >= 11 is 0. The van der Waals surface area contributed by atoms with Crippen molar-refractivity contribution in [2.24, 2.45) is 12.5 Å². The van der Waals surface area contributed by atoms with E-state index in [0.29, 0.717) is 12.2 Å². The Hall–Kier alpha value is -3.54. The number of carbonyl (C=O) groups excluding carboxylic acids is 1. The molecule has 0 radical (unpaired) electrons. The Morgan fingerprint density at radius 3 is 2.21 bits per heavy atom. The van der Waals surface area contributed by atoms with E-state index in [1.165, 1.54) is 12.1 Å². The van der Waals surface area contributed by atoms with Crippen LogP contribution in [-0.2, 0) is 11.8 Å². The van der Waals surface area contributed by atoms with Crippen LogP contribution in [0.15, 0.2) is 60.9 Å². The molecule has 4 rings (SSSR count). The molecule has 0 saturated carbocycles. The first-order valence-corrected chi connectivity index (χ1v) is 11.2. The van der Waals surface area contributed by atoms with Crippen molar-refractivity contribution >= 4 is 22.8 Å². The van der Waals surface area contributed by atoms with Crippen LogP contribution in [0.2, 0.25) is 0 Å². The van der Waals surface area contributed by atoms with Gasteiger partial charge in [-0.05, 0) is 65.1 Å². The molecule has 33 heavy (non-hydrogen) atoms. The van der Waals surface area contributed by atoms with Crippen molar-refractivity contribution in [3.05, 3.63) is 66.7 Å². The molecular weight excluding hydrogens is 415 g/mol. The Morgan fingerprint density at radius 1 is 0.970 bits per heavy atom. The van der Waals surface area contributed by atoms with Crippen molar-refractivity contribution in [1.29, 1.82) is 0 Å². The van der Waals surface area contributed by atoms with E-state index < -0.39 is 0 Å². The number of nitrogens with one attached hydrogen (secondary N) is 1. The topological polar surface area (TPSA) is 59.8 Å². The molecule has 0 spiro atoms. The summed E-state index contributed by atoms with van der Waals surface area (Å²) in [6, 6.07) is 14.1. The highest BCUT2D eigenvalue weighted by atomic mass is 19.1. The molecule has 0 aliphatic heterocycles. The van der Waals surface area contributed by atoms with Crippen LogP contribution in [0.4, 0.5) is 10.2 Å². The fourth-order valence-corrected chi connectivity index (χ4v) is 3.80. The summed E-state index contributed by atoms with van der Waals surface area (Å²) in [6.45, 7) is 10.1. The average molecular weight is 447 g/mol. The molecule has 5 nitrogen and oxygen atoms in total. The minimum atomic E-state index is -0.282. The Labute approximate surface area is 194 Å². The van der Waals surface area contributed by atoms with Crippen LogP contribution in [-0.4, -0.2) is 20.4 Å². The van der Waals surface area contributed by atoms with E-state index in [1.807, 2.05) is 70.5 Å². The van der Waals surface area contributed by atoms with Gasteiger partial charge >= 0.3 is 0 Å². The van der Waals surface area contributed by atoms with Crippen LogP contribution in [0, 0.1) is 11.2 Å². The number of fused-ring (bicyclic) bond motifs is 1. The zero-order valence-electron chi connectivity index (χ0n) is 20.1. The van der Waals surface area contributed by atoms with Gasteiger partial charge in [0.05, 0.1) is 5.69 Å². The third-order valence-corrected chi connectivity index (χ3v) is 5.08. The average Bonchev–Trinajstić information content (AvgIpc) is 3.07. The van der Waals surface area contributed by atoms with E-state index in [9.17, 15) is 9.18 Å². The van der Waals surface area contributed by atoms with E-state index in [1.54, 1.807) is 24.5 Å². The van der Waals surface area contributed by atoms with Gasteiger partial charge in [-0.1, -0.05) is 34.6 Å². The Kier molecular flexibility index (Phi) is 7.26. The van der Waals surface area contributed by atoms with Gasteiger partial charge in [-0.25, -0.2) is 9.37 Å². The molecule has 0 saturated heterocycles. The van der Waals surface area contributed by atoms with Gasteiger partial charge in [0.1, 0.15) is 17.3 Å². The normalized spacial score (nSPS) is 11.1. The van der Waals surface area contributed by atoms with Crippen molar-refractivity contribution in [3.8, 4) is 22.4 Å². The smallest absolute Gasteiger partial charge is 0.226 e. The predicted molar refractivity (Wildman–Crippen MR) is 133 cm³/mol. The number of hydrogen-bond acceptors (Lipinski definition) is 3. The third-order valence-electron chi connectivity index (χ3n) is 5.08. The molecule has 0 aliphatic carbocycles. The van der Waals surface area contributed by atoms with Gasteiger partial charge in [-0.3, -0.25) is 9.78 Å². The summed E-state index contributed by atoms with van der Waals surface area (Å²) in [4.78, 5) is 21.3. The maximum absolute atomic E-state index is 13.6. The van der Waals surface area contributed by atoms with E-state index in [4.69, 9.17) is 4.98 Å². The molecule has 172 valence electrons. The lowest BCUT2D eigenvalue weighted by Crippen LogP contribution is -2.20. The van der Waals surface area contributed by atoms with Gasteiger partial charge in [0.15, 0.2) is 0 Å². The van der Waals surface area contributed by atoms with Gasteiger partial charge in [-0.15, -0.1) is 0 Å². The van der Waals surface area contributed by atoms with Crippen molar-refractivity contribution in [2.75, 3.05) is 5.32 Å². The minimum absolute atomic E-state index is 0.0679. The number of benzene rings is 1. The molecule has 0 unspecified atom stereocenters. The summed E-state index contributed by atoms with van der Waals surface area (Å²) in [5.41, 5.74) is 4.42. The number of carbonyl (C=O) groups is 1. The fourth-order valence-electron chi connectivity index (χ4n) is 3.80. The fraction of sp³-hybridized carbons (Fsp3) is 0.296. The predicted octanol–water partition coefficient (Wildman–Crippen LogP) is 6.84. The maximum atomic E-state index is 13.6. The molecule has 3 heterocycles. The number of anilines is 1. The number of nitrogens with zero attached hydrogens (tertiary/aromatic N) is 3. The van der Waals surface area contributed by atoms with Crippen LogP contribution >= 0.6 is 0 Å². The third kappa shape index (κ3) is 5.45. The van der Waals surface area contributed by atoms with Crippen molar-refractivity contribution < 1.29 is 9.18 Å². The molecule has 0 fully saturated rings. The van der Waals surface area contributed by atoms with Crippen LogP contribution < -0.4 is 5.32 Å². The van der Waals surface area contributed by atoms with E-state index >= 15 is 0 Å². The molecule has 4 aromatic rings. The highest BCUT2D eigenvalue weighted by molar-refractivity contribution is 6.04. The molecule has 0 bridgehead atoms. The van der Waals surface area contributed by atoms with Crippen LogP contribution in [0.3, 0.4) is 0 Å². The quantitative estimate of drug-likeness (QED) is 0.373. The number of aryl methyl sites for hydroxylation is 1. The lowest BCUT2D eigenvalue weighted by molar-refractivity contribution is -0.117. The number of amides is 1. The second kappa shape index (κ2) is 9.94. The zero-order valence-corrected chi connectivity index (χ0v) is 20.1. The maximum Gasteiger partial charge on any atom is 0.226 e. The largest absolute Gasteiger partial charge is 0.328 e. The number of hydrogen-bond donors (Lipinski definition) is 1. The standard InChI is InChI=1S/C25H25FN4O.C2H6/c1-25(2,3)15-21(31)28-20-10-9-19-22(16-11-13-27-14-12-16)23(30(4)24(19)29-20)17-5-7-18(26)8-6-17;1-2/h5-14H,15H2,1-4H3,(H,28,29,31);1-2H3. The molecule has 1 amide bonds. The summed E-state index contributed by atoms with van der Waals surface area (Å²) in [5, 5.41) is 3.86. The van der Waals surface area contributed by atoms with E-state index in [-0.39, 0.29) is 17.1 Å². The van der Waals surface area contributed by atoms with Crippen molar-refractivity contribution in [1.82, 2.24) is 14.5 Å². The minimum Gasteiger partial charge on any atom is -0.328 e. The first kappa shape index (κ1) is 24.1. The van der Waals surface area contributed by atoms with E-state index in [2.05, 4.69) is 10.3 Å². The highest BCUT2D eigenvalue weighted by Gasteiger charge is 2.21. The number of aromatic nitrogens is 3. The first-order chi connectivity index (χ1) is 15.7. The summed E-state index contributed by atoms with van der Waals surface area (Å²) < 4.78 is 15.5. The van der Waals surface area contributed by atoms with Crippen LogP contribution in [0.1, 0.15) is 41.0 Å². The van der Waals surface area contributed by atoms with Gasteiger partial charge in [0.2, 0.25) is 5.91 Å². The number of rotatable bonds is 4. The second-order valence-corrected chi connectivity index (χ2v) is 8.88. The Balaban J connectivity index is 0.00000149. The van der Waals surface area contributed by atoms with Crippen LogP contribution in [0.5, 0.6) is 0 Å². The lowest BCUT2D eigenvalue weighted by Gasteiger charge is -2.17. The summed E-state index contributed by atoms with van der Waals surface area (Å²) in [5.74, 6) is 0.158. The van der Waals surface area contributed by atoms with Crippen LogP contribution in [0.25, 0.3) is 33.4 Å². The summed E-state index contributed by atoms with van der Waals surface area (Å²) in [7, 11) is 1.93. The molecule has 0 aliphatic rings. The SMILES string of the molecule is CC.Cn1c(-c2ccc(F)cc2)c(-c2ccncc2)c2ccc(NC(=O)CC(C)(C)C)nc21. The molecule has 6 heteroatoms. The molecular formula is C27H31FN4O. The van der Waals surface area contributed by atoms with Gasteiger partial charge in [0, 0.05) is 36.8 Å². The Morgan fingerprint density at radius 2 is 1.61 bits per heavy atom. The molecule has 3 aromatic heterocycles. The number of halogens is 1. The van der Waals surface area contributed by atoms with Gasteiger partial charge in [-0.2, -0.15) is 0 Å². The molecule has 1 aromatic carbocycles. The monoisotopic (exact) mass is 446 g/mol. The van der Waals surface area contributed by atoms with E-state index in [0.717, 1.165) is 33.4 Å². The summed E-state index contributed by atoms with van der Waals surface area (Å²) in [6.07, 6.45) is 3.90. The van der Waals surface area contributed by atoms with Gasteiger partial charge < -0.3 is 9.88 Å². The Bertz CT molecular complexity index is 1240. The molecule has 0 atom stereocenters. The second-order valence-electron chi connectivity index (χ2n) is 8.88. The lowest BCUT2D eigenvalue weighted by atomic mass is 9.92. The molecule has 1 N–H and O–H groups in total. The van der Waals surface area contributed by atoms with Crippen molar-refractivity contribution in [3.63, 3.8) is 0 Å². The van der Waals surface area contributed by atoms with Gasteiger partial charge in [0.25, 0.3) is 0 Å².